The third-order valence-corrected chi connectivity index (χ3v) is 5.78. The molecule has 2 amide bonds. The number of methoxy groups -OCH3 is 2. The minimum Gasteiger partial charge on any atom is -0.480 e. The Morgan fingerprint density at radius 1 is 1.13 bits per heavy atom. The van der Waals surface area contributed by atoms with E-state index in [1.807, 2.05) is 24.3 Å². The lowest BCUT2D eigenvalue weighted by Crippen LogP contribution is -2.41. The lowest BCUT2D eigenvalue weighted by molar-refractivity contribution is 0.0849. The van der Waals surface area contributed by atoms with Gasteiger partial charge in [-0.15, -0.1) is 11.3 Å². The molecule has 0 atom stereocenters. The van der Waals surface area contributed by atoms with Crippen LogP contribution in [0, 0.1) is 6.92 Å². The maximum atomic E-state index is 12.7. The first-order valence-electron chi connectivity index (χ1n) is 9.03. The molecule has 3 aromatic heterocycles. The van der Waals surface area contributed by atoms with Crippen molar-refractivity contribution in [3.05, 3.63) is 52.3 Å². The minimum absolute atomic E-state index is 0.228. The highest BCUT2D eigenvalue weighted by Gasteiger charge is 2.22. The Morgan fingerprint density at radius 3 is 2.67 bits per heavy atom. The molecule has 4 rings (SSSR count). The Kier molecular flexibility index (Phi) is 5.34. The summed E-state index contributed by atoms with van der Waals surface area (Å²) < 4.78 is 10.5. The first-order valence-corrected chi connectivity index (χ1v) is 9.84. The van der Waals surface area contributed by atoms with Crippen LogP contribution in [0.2, 0.25) is 0 Å². The largest absolute Gasteiger partial charge is 0.480 e. The summed E-state index contributed by atoms with van der Waals surface area (Å²) in [5.74, 6) is -0.0243. The molecule has 4 aromatic rings. The van der Waals surface area contributed by atoms with Crippen LogP contribution in [0.4, 0.5) is 0 Å². The van der Waals surface area contributed by atoms with E-state index in [0.717, 1.165) is 10.9 Å². The highest BCUT2D eigenvalue weighted by molar-refractivity contribution is 7.20. The van der Waals surface area contributed by atoms with Crippen LogP contribution in [0.5, 0.6) is 5.88 Å². The van der Waals surface area contributed by atoms with E-state index in [9.17, 15) is 9.59 Å². The molecular formula is C20H19N5O4S. The van der Waals surface area contributed by atoms with Gasteiger partial charge >= 0.3 is 0 Å². The number of fused-ring (bicyclic) bond motifs is 2. The van der Waals surface area contributed by atoms with Gasteiger partial charge in [0.05, 0.1) is 22.9 Å². The normalized spacial score (nSPS) is 11.0. The highest BCUT2D eigenvalue weighted by Crippen LogP contribution is 2.35. The van der Waals surface area contributed by atoms with Crippen molar-refractivity contribution in [1.82, 2.24) is 25.8 Å². The number of aromatic nitrogens is 3. The Hall–Kier alpha value is -3.50. The zero-order valence-corrected chi connectivity index (χ0v) is 17.3. The van der Waals surface area contributed by atoms with Gasteiger partial charge < -0.3 is 14.5 Å². The number of hydrazine groups is 1. The van der Waals surface area contributed by atoms with Gasteiger partial charge in [-0.1, -0.05) is 18.2 Å². The first kappa shape index (κ1) is 19.8. The molecule has 154 valence electrons. The van der Waals surface area contributed by atoms with Gasteiger partial charge in [-0.05, 0) is 18.6 Å². The number of hydrogen-bond acceptors (Lipinski definition) is 7. The number of para-hydroxylation sites is 1. The maximum Gasteiger partial charge on any atom is 0.280 e. The summed E-state index contributed by atoms with van der Waals surface area (Å²) in [6.07, 6.45) is 1.61. The van der Waals surface area contributed by atoms with Crippen LogP contribution in [-0.4, -0.2) is 41.0 Å². The van der Waals surface area contributed by atoms with E-state index in [-0.39, 0.29) is 6.61 Å². The van der Waals surface area contributed by atoms with Crippen molar-refractivity contribution in [2.24, 2.45) is 0 Å². The number of amides is 2. The quantitative estimate of drug-likeness (QED) is 0.423. The number of nitrogens with one attached hydrogen (secondary N) is 3. The molecule has 0 fully saturated rings. The number of rotatable bonds is 5. The summed E-state index contributed by atoms with van der Waals surface area (Å²) in [6.45, 7) is 2.02. The molecular weight excluding hydrogens is 406 g/mol. The van der Waals surface area contributed by atoms with Crippen molar-refractivity contribution in [2.75, 3.05) is 14.2 Å². The monoisotopic (exact) mass is 425 g/mol. The van der Waals surface area contributed by atoms with E-state index in [4.69, 9.17) is 9.47 Å². The molecule has 0 bridgehead atoms. The molecule has 1 aromatic carbocycles. The van der Waals surface area contributed by atoms with Crippen molar-refractivity contribution in [2.45, 2.75) is 13.5 Å². The van der Waals surface area contributed by atoms with E-state index in [1.54, 1.807) is 20.2 Å². The first-order chi connectivity index (χ1) is 14.5. The fourth-order valence-electron chi connectivity index (χ4n) is 3.20. The molecule has 0 unspecified atom stereocenters. The Morgan fingerprint density at radius 2 is 1.90 bits per heavy atom. The van der Waals surface area contributed by atoms with Crippen molar-refractivity contribution < 1.29 is 19.1 Å². The van der Waals surface area contributed by atoms with Gasteiger partial charge in [0.1, 0.15) is 11.4 Å². The SMILES string of the molecule is COCc1nc(OC)c2c(C)c(C(=O)NNC(=O)c3c[nH]c4ccccc34)sc2n1. The van der Waals surface area contributed by atoms with E-state index >= 15 is 0 Å². The molecule has 0 aliphatic heterocycles. The molecule has 0 saturated heterocycles. The van der Waals surface area contributed by atoms with Crippen molar-refractivity contribution in [1.29, 1.82) is 0 Å². The summed E-state index contributed by atoms with van der Waals surface area (Å²) in [5.41, 5.74) is 6.90. The van der Waals surface area contributed by atoms with Crippen LogP contribution < -0.4 is 15.6 Å². The molecule has 0 aliphatic carbocycles. The molecule has 0 saturated carbocycles. The Labute approximate surface area is 175 Å². The lowest BCUT2D eigenvalue weighted by Gasteiger charge is -2.07. The zero-order valence-electron chi connectivity index (χ0n) is 16.5. The standard InChI is InChI=1S/C20H19N5O4S/c1-10-15-19(29-3)22-14(9-28-2)23-20(15)30-16(10)18(27)25-24-17(26)12-8-21-13-7-5-4-6-11(12)13/h4-8,21H,9H2,1-3H3,(H,24,26)(H,25,27). The van der Waals surface area contributed by atoms with E-state index in [1.165, 1.54) is 18.4 Å². The van der Waals surface area contributed by atoms with Crippen LogP contribution in [0.15, 0.2) is 30.5 Å². The Balaban J connectivity index is 1.57. The topological polar surface area (TPSA) is 118 Å². The fraction of sp³-hybridized carbons (Fsp3) is 0.200. The minimum atomic E-state index is -0.445. The van der Waals surface area contributed by atoms with E-state index in [0.29, 0.717) is 37.9 Å². The molecule has 10 heteroatoms. The second kappa shape index (κ2) is 8.09. The number of thiophene rings is 1. The Bertz CT molecular complexity index is 1260. The number of nitrogens with zero attached hydrogens (tertiary/aromatic N) is 2. The lowest BCUT2D eigenvalue weighted by atomic mass is 10.2. The van der Waals surface area contributed by atoms with Gasteiger partial charge in [-0.25, -0.2) is 4.98 Å². The summed E-state index contributed by atoms with van der Waals surface area (Å²) in [5, 5.41) is 1.43. The second-order valence-electron chi connectivity index (χ2n) is 6.47. The van der Waals surface area contributed by atoms with Crippen LogP contribution in [0.25, 0.3) is 21.1 Å². The zero-order chi connectivity index (χ0) is 21.3. The van der Waals surface area contributed by atoms with Gasteiger partial charge in [0.2, 0.25) is 5.88 Å². The van der Waals surface area contributed by atoms with Gasteiger partial charge in [-0.3, -0.25) is 20.4 Å². The van der Waals surface area contributed by atoms with E-state index < -0.39 is 11.8 Å². The average Bonchev–Trinajstić information content (AvgIpc) is 3.33. The second-order valence-corrected chi connectivity index (χ2v) is 7.47. The molecule has 9 nitrogen and oxygen atoms in total. The molecule has 3 N–H and O–H groups in total. The van der Waals surface area contributed by atoms with Crippen LogP contribution >= 0.6 is 11.3 Å². The van der Waals surface area contributed by atoms with Gasteiger partial charge in [-0.2, -0.15) is 4.98 Å². The van der Waals surface area contributed by atoms with Gasteiger partial charge in [0.25, 0.3) is 11.8 Å². The van der Waals surface area contributed by atoms with Crippen molar-refractivity contribution >= 4 is 44.3 Å². The average molecular weight is 425 g/mol. The molecule has 0 spiro atoms. The van der Waals surface area contributed by atoms with Crippen LogP contribution in [0.1, 0.15) is 31.4 Å². The summed E-state index contributed by atoms with van der Waals surface area (Å²) in [6, 6.07) is 7.43. The van der Waals surface area contributed by atoms with Gasteiger partial charge in [0, 0.05) is 24.2 Å². The van der Waals surface area contributed by atoms with Crippen molar-refractivity contribution in [3.63, 3.8) is 0 Å². The summed E-state index contributed by atoms with van der Waals surface area (Å²) in [4.78, 5) is 38.1. The van der Waals surface area contributed by atoms with Crippen LogP contribution in [0.3, 0.4) is 0 Å². The number of benzene rings is 1. The number of aromatic amines is 1. The predicted molar refractivity (Wildman–Crippen MR) is 113 cm³/mol. The number of hydrogen-bond donors (Lipinski definition) is 3. The fourth-order valence-corrected chi connectivity index (χ4v) is 4.28. The summed E-state index contributed by atoms with van der Waals surface area (Å²) >= 11 is 1.20. The van der Waals surface area contributed by atoms with Crippen LogP contribution in [-0.2, 0) is 11.3 Å². The third-order valence-electron chi connectivity index (χ3n) is 4.60. The molecule has 0 radical (unpaired) electrons. The predicted octanol–water partition coefficient (Wildman–Crippen LogP) is 2.71. The number of carbonyl (C=O) groups excluding carboxylic acids is 2. The smallest absolute Gasteiger partial charge is 0.280 e. The summed E-state index contributed by atoms with van der Waals surface area (Å²) in [7, 11) is 3.06. The van der Waals surface area contributed by atoms with Crippen molar-refractivity contribution in [3.8, 4) is 5.88 Å². The highest BCUT2D eigenvalue weighted by atomic mass is 32.1. The molecule has 0 aliphatic rings. The number of H-pyrrole nitrogens is 1. The number of aryl methyl sites for hydroxylation is 1. The maximum absolute atomic E-state index is 12.7. The number of ether oxygens (including phenoxy) is 2. The van der Waals surface area contributed by atoms with Gasteiger partial charge in [0.15, 0.2) is 5.82 Å². The third kappa shape index (κ3) is 3.46. The van der Waals surface area contributed by atoms with E-state index in [2.05, 4.69) is 25.8 Å². The molecule has 30 heavy (non-hydrogen) atoms. The number of carbonyl (C=O) groups is 2. The molecule has 3 heterocycles.